The first-order valence-corrected chi connectivity index (χ1v) is 9.87. The van der Waals surface area contributed by atoms with E-state index in [2.05, 4.69) is 56.5 Å². The van der Waals surface area contributed by atoms with Gasteiger partial charge in [-0.25, -0.2) is 10.4 Å². The Morgan fingerprint density at radius 3 is 2.85 bits per heavy atom. The van der Waals surface area contributed by atoms with Crippen LogP contribution in [0, 0.1) is 6.92 Å². The molecule has 0 saturated carbocycles. The molecule has 0 fully saturated rings. The van der Waals surface area contributed by atoms with Gasteiger partial charge >= 0.3 is 0 Å². The van der Waals surface area contributed by atoms with Crippen molar-refractivity contribution in [1.29, 1.82) is 0 Å². The van der Waals surface area contributed by atoms with Crippen LogP contribution >= 0.6 is 11.3 Å². The molecule has 8 heteroatoms. The van der Waals surface area contributed by atoms with Crippen LogP contribution in [-0.4, -0.2) is 45.6 Å². The van der Waals surface area contributed by atoms with Gasteiger partial charge in [-0.3, -0.25) is 0 Å². The Kier molecular flexibility index (Phi) is 7.70. The predicted octanol–water partition coefficient (Wildman–Crippen LogP) is 3.00. The highest BCUT2D eigenvalue weighted by Gasteiger charge is 2.20. The van der Waals surface area contributed by atoms with Crippen molar-refractivity contribution in [2.75, 3.05) is 18.6 Å². The number of ether oxygens (including phenoxy) is 1. The van der Waals surface area contributed by atoms with Crippen molar-refractivity contribution in [1.82, 2.24) is 15.3 Å². The summed E-state index contributed by atoms with van der Waals surface area (Å²) in [5, 5.41) is 22.0. The second kappa shape index (κ2) is 9.77. The lowest BCUT2D eigenvalue weighted by Crippen LogP contribution is -2.46. The number of hydrogen-bond donors (Lipinski definition) is 3. The maximum atomic E-state index is 10.3. The molecular weight excluding hydrogens is 362 g/mol. The minimum absolute atomic E-state index is 0.111. The molecule has 1 unspecified atom stereocenters. The van der Waals surface area contributed by atoms with Gasteiger partial charge in [-0.2, -0.15) is 21.4 Å². The van der Waals surface area contributed by atoms with Crippen LogP contribution in [0.1, 0.15) is 38.8 Å². The number of anilines is 1. The van der Waals surface area contributed by atoms with E-state index in [0.29, 0.717) is 18.4 Å². The summed E-state index contributed by atoms with van der Waals surface area (Å²) in [6.07, 6.45) is 1.93. The molecule has 2 heterocycles. The number of nitrogens with one attached hydrogen (secondary N) is 2. The van der Waals surface area contributed by atoms with Gasteiger partial charge in [0.15, 0.2) is 0 Å². The third kappa shape index (κ3) is 7.62. The monoisotopic (exact) mass is 391 g/mol. The Labute approximate surface area is 164 Å². The van der Waals surface area contributed by atoms with Gasteiger partial charge in [-0.15, -0.1) is 0 Å². The number of aromatic nitrogens is 2. The lowest BCUT2D eigenvalue weighted by atomic mass is 9.96. The summed E-state index contributed by atoms with van der Waals surface area (Å²) in [7, 11) is 0. The molecule has 0 amide bonds. The average molecular weight is 392 g/mol. The molecule has 7 nitrogen and oxygen atoms in total. The van der Waals surface area contributed by atoms with Crippen molar-refractivity contribution in [3.05, 3.63) is 34.2 Å². The lowest BCUT2D eigenvalue weighted by Gasteiger charge is -2.27. The number of β-amino-alcohol motifs (C(OH)–C–C–N with tert-alkyl or cyclic N) is 1. The number of nitrogens with zero attached hydrogens (tertiary/aromatic N) is 3. The van der Waals surface area contributed by atoms with Crippen LogP contribution in [0.4, 0.5) is 5.95 Å². The van der Waals surface area contributed by atoms with Gasteiger partial charge in [-0.1, -0.05) is 0 Å². The summed E-state index contributed by atoms with van der Waals surface area (Å²) in [5.74, 6) is 0.800. The Morgan fingerprint density at radius 1 is 1.41 bits per heavy atom. The zero-order valence-corrected chi connectivity index (χ0v) is 17.4. The van der Waals surface area contributed by atoms with E-state index in [1.807, 2.05) is 20.8 Å². The minimum Gasteiger partial charge on any atom is -0.475 e. The van der Waals surface area contributed by atoms with E-state index in [1.54, 1.807) is 17.5 Å². The van der Waals surface area contributed by atoms with Crippen molar-refractivity contribution in [3.8, 4) is 5.88 Å². The molecule has 0 aliphatic heterocycles. The second-order valence-electron chi connectivity index (χ2n) is 7.39. The fourth-order valence-electron chi connectivity index (χ4n) is 2.38. The first-order chi connectivity index (χ1) is 12.7. The number of thiophene rings is 1. The molecule has 148 valence electrons. The number of aliphatic hydroxyl groups is 1. The van der Waals surface area contributed by atoms with E-state index in [-0.39, 0.29) is 12.1 Å². The summed E-state index contributed by atoms with van der Waals surface area (Å²) in [4.78, 5) is 8.45. The van der Waals surface area contributed by atoms with Crippen LogP contribution in [0.25, 0.3) is 0 Å². The molecule has 0 aromatic carbocycles. The molecule has 0 spiro atoms. The summed E-state index contributed by atoms with van der Waals surface area (Å²) in [6, 6.07) is 2.13. The highest BCUT2D eigenvalue weighted by molar-refractivity contribution is 7.07. The van der Waals surface area contributed by atoms with Crippen molar-refractivity contribution in [2.24, 2.45) is 5.10 Å². The fraction of sp³-hybridized carbons (Fsp3) is 0.526. The van der Waals surface area contributed by atoms with Crippen LogP contribution in [0.3, 0.4) is 0 Å². The third-order valence-electron chi connectivity index (χ3n) is 3.76. The van der Waals surface area contributed by atoms with E-state index >= 15 is 0 Å². The maximum Gasteiger partial charge on any atom is 0.246 e. The van der Waals surface area contributed by atoms with Gasteiger partial charge < -0.3 is 15.2 Å². The summed E-state index contributed by atoms with van der Waals surface area (Å²) in [5.41, 5.74) is 5.63. The van der Waals surface area contributed by atoms with Crippen LogP contribution in [-0.2, 0) is 6.42 Å². The van der Waals surface area contributed by atoms with E-state index < -0.39 is 6.10 Å². The summed E-state index contributed by atoms with van der Waals surface area (Å²) < 4.78 is 5.69. The molecule has 0 radical (unpaired) electrons. The SMILES string of the molecule is CC(C)=NNc1ncc(C)c(OCC(O)CNC(C)(C)Cc2ccsc2)n1. The first kappa shape index (κ1) is 21.3. The van der Waals surface area contributed by atoms with E-state index in [9.17, 15) is 5.11 Å². The first-order valence-electron chi connectivity index (χ1n) is 8.93. The van der Waals surface area contributed by atoms with Crippen molar-refractivity contribution in [2.45, 2.75) is 52.7 Å². The van der Waals surface area contributed by atoms with Crippen LogP contribution < -0.4 is 15.5 Å². The zero-order valence-electron chi connectivity index (χ0n) is 16.6. The molecule has 3 N–H and O–H groups in total. The molecule has 0 saturated heterocycles. The average Bonchev–Trinajstić information content (AvgIpc) is 3.10. The molecule has 1 atom stereocenters. The third-order valence-corrected chi connectivity index (χ3v) is 4.49. The number of aryl methyl sites for hydroxylation is 1. The largest absolute Gasteiger partial charge is 0.475 e. The quantitative estimate of drug-likeness (QED) is 0.426. The zero-order chi connectivity index (χ0) is 19.9. The fourth-order valence-corrected chi connectivity index (χ4v) is 3.05. The van der Waals surface area contributed by atoms with E-state index in [1.165, 1.54) is 5.56 Å². The molecule has 2 rings (SSSR count). The normalized spacial score (nSPS) is 12.5. The smallest absolute Gasteiger partial charge is 0.246 e. The lowest BCUT2D eigenvalue weighted by molar-refractivity contribution is 0.0962. The minimum atomic E-state index is -0.645. The Balaban J connectivity index is 1.83. The van der Waals surface area contributed by atoms with Crippen molar-refractivity contribution >= 4 is 23.0 Å². The molecular formula is C19H29N5O2S. The summed E-state index contributed by atoms with van der Waals surface area (Å²) >= 11 is 1.70. The number of hydrazone groups is 1. The highest BCUT2D eigenvalue weighted by atomic mass is 32.1. The van der Waals surface area contributed by atoms with Crippen LogP contribution in [0.5, 0.6) is 5.88 Å². The van der Waals surface area contributed by atoms with Crippen molar-refractivity contribution in [3.63, 3.8) is 0 Å². The molecule has 0 aliphatic rings. The Hall–Kier alpha value is -2.03. The topological polar surface area (TPSA) is 91.7 Å². The van der Waals surface area contributed by atoms with Gasteiger partial charge in [-0.05, 0) is 63.4 Å². The highest BCUT2D eigenvalue weighted by Crippen LogP contribution is 2.17. The van der Waals surface area contributed by atoms with Crippen LogP contribution in [0.15, 0.2) is 28.1 Å². The molecule has 0 aliphatic carbocycles. The molecule has 2 aromatic heterocycles. The molecule has 0 bridgehead atoms. The van der Waals surface area contributed by atoms with Gasteiger partial charge in [0.05, 0.1) is 0 Å². The number of hydrogen-bond acceptors (Lipinski definition) is 8. The second-order valence-corrected chi connectivity index (χ2v) is 8.17. The van der Waals surface area contributed by atoms with Gasteiger partial charge in [0.25, 0.3) is 0 Å². The van der Waals surface area contributed by atoms with Crippen molar-refractivity contribution < 1.29 is 9.84 Å². The van der Waals surface area contributed by atoms with Gasteiger partial charge in [0.1, 0.15) is 12.7 Å². The number of aliphatic hydroxyl groups excluding tert-OH is 1. The molecule has 27 heavy (non-hydrogen) atoms. The number of rotatable bonds is 10. The summed E-state index contributed by atoms with van der Waals surface area (Å²) in [6.45, 7) is 10.5. The Bertz CT molecular complexity index is 743. The standard InChI is InChI=1S/C19H29N5O2S/c1-13(2)23-24-18-20-9-14(3)17(22-18)26-11-16(25)10-21-19(4,5)8-15-6-7-27-12-15/h6-7,9,12,16,21,25H,8,10-11H2,1-5H3,(H,20,22,24). The molecule has 2 aromatic rings. The van der Waals surface area contributed by atoms with Gasteiger partial charge in [0, 0.05) is 29.6 Å². The van der Waals surface area contributed by atoms with E-state index in [0.717, 1.165) is 17.7 Å². The van der Waals surface area contributed by atoms with E-state index in [4.69, 9.17) is 4.74 Å². The maximum absolute atomic E-state index is 10.3. The van der Waals surface area contributed by atoms with Gasteiger partial charge in [0.2, 0.25) is 11.8 Å². The predicted molar refractivity (Wildman–Crippen MR) is 111 cm³/mol. The Morgan fingerprint density at radius 2 is 2.19 bits per heavy atom. The van der Waals surface area contributed by atoms with Crippen LogP contribution in [0.2, 0.25) is 0 Å².